The molecule has 0 saturated heterocycles. The molecule has 0 bridgehead atoms. The van der Waals surface area contributed by atoms with Crippen LogP contribution in [-0.2, 0) is 18.0 Å². The minimum atomic E-state index is -1.94. The lowest BCUT2D eigenvalue weighted by Crippen LogP contribution is -2.20. The van der Waals surface area contributed by atoms with E-state index >= 15 is 0 Å². The van der Waals surface area contributed by atoms with Crippen LogP contribution in [-0.4, -0.2) is 17.4 Å². The predicted octanol–water partition coefficient (Wildman–Crippen LogP) is 0.204. The molecular formula is C8H8BFO4. The fraction of sp³-hybridized carbons (Fsp3) is 0.250. The fourth-order valence-corrected chi connectivity index (χ4v) is 1.41. The molecule has 2 rings (SSSR count). The quantitative estimate of drug-likeness (QED) is 0.666. The third kappa shape index (κ3) is 1.72. The second-order valence-corrected chi connectivity index (χ2v) is 2.98. The molecule has 1 heterocycles. The van der Waals surface area contributed by atoms with Gasteiger partial charge >= 0.3 is 7.32 Å². The molecule has 14 heavy (non-hydrogen) atoms. The van der Waals surface area contributed by atoms with E-state index in [0.717, 1.165) is 6.07 Å². The molecule has 1 aromatic rings. The Balaban J connectivity index is 2.32. The van der Waals surface area contributed by atoms with Gasteiger partial charge in [-0.05, 0) is 11.6 Å². The van der Waals surface area contributed by atoms with Crippen molar-refractivity contribution in [3.8, 4) is 5.75 Å². The normalized spacial score (nSPS) is 13.9. The van der Waals surface area contributed by atoms with Gasteiger partial charge in [-0.1, -0.05) is 0 Å². The highest BCUT2D eigenvalue weighted by atomic mass is 19.1. The number of hydrogen-bond donors (Lipinski definition) is 2. The Labute approximate surface area is 80.1 Å². The van der Waals surface area contributed by atoms with Crippen molar-refractivity contribution in [3.63, 3.8) is 0 Å². The van der Waals surface area contributed by atoms with E-state index in [-0.39, 0.29) is 12.4 Å². The van der Waals surface area contributed by atoms with Crippen molar-refractivity contribution in [3.05, 3.63) is 29.1 Å². The van der Waals surface area contributed by atoms with E-state index in [0.29, 0.717) is 17.7 Å². The third-order valence-corrected chi connectivity index (χ3v) is 2.01. The lowest BCUT2D eigenvalue weighted by molar-refractivity contribution is 0.133. The first kappa shape index (κ1) is 9.45. The molecule has 0 spiro atoms. The van der Waals surface area contributed by atoms with Crippen molar-refractivity contribution in [2.75, 3.05) is 0 Å². The van der Waals surface area contributed by atoms with Crippen LogP contribution < -0.4 is 4.65 Å². The summed E-state index contributed by atoms with van der Waals surface area (Å²) in [6.45, 7) is 0.577. The minimum Gasteiger partial charge on any atom is -0.512 e. The number of rotatable bonds is 2. The van der Waals surface area contributed by atoms with Crippen molar-refractivity contribution >= 4 is 7.32 Å². The Morgan fingerprint density at radius 1 is 1.36 bits per heavy atom. The SMILES string of the molecule is OB(O)Oc1cc(F)c2c(c1)COC2. The van der Waals surface area contributed by atoms with Crippen LogP contribution in [0.1, 0.15) is 11.1 Å². The summed E-state index contributed by atoms with van der Waals surface area (Å²) in [5.74, 6) is -0.364. The number of halogens is 1. The van der Waals surface area contributed by atoms with Crippen molar-refractivity contribution in [1.29, 1.82) is 0 Å². The fourth-order valence-electron chi connectivity index (χ4n) is 1.41. The first-order valence-electron chi connectivity index (χ1n) is 4.08. The van der Waals surface area contributed by atoms with E-state index in [4.69, 9.17) is 14.8 Å². The Hall–Kier alpha value is -1.11. The summed E-state index contributed by atoms with van der Waals surface area (Å²) < 4.78 is 22.8. The lowest BCUT2D eigenvalue weighted by Gasteiger charge is -2.06. The monoisotopic (exact) mass is 198 g/mol. The Morgan fingerprint density at radius 3 is 2.86 bits per heavy atom. The van der Waals surface area contributed by atoms with Gasteiger partial charge < -0.3 is 19.4 Å². The van der Waals surface area contributed by atoms with Gasteiger partial charge in [-0.3, -0.25) is 0 Å². The summed E-state index contributed by atoms with van der Waals surface area (Å²) in [5, 5.41) is 17.0. The molecular weight excluding hydrogens is 190 g/mol. The van der Waals surface area contributed by atoms with Crippen LogP contribution in [0.3, 0.4) is 0 Å². The van der Waals surface area contributed by atoms with Gasteiger partial charge in [-0.2, -0.15) is 0 Å². The molecule has 0 fully saturated rings. The maximum Gasteiger partial charge on any atom is 0.707 e. The number of ether oxygens (including phenoxy) is 1. The van der Waals surface area contributed by atoms with E-state index in [2.05, 4.69) is 4.65 Å². The van der Waals surface area contributed by atoms with Gasteiger partial charge in [0.15, 0.2) is 0 Å². The van der Waals surface area contributed by atoms with Crippen LogP contribution in [0.15, 0.2) is 12.1 Å². The van der Waals surface area contributed by atoms with Gasteiger partial charge in [-0.25, -0.2) is 4.39 Å². The number of hydrogen-bond acceptors (Lipinski definition) is 4. The van der Waals surface area contributed by atoms with Gasteiger partial charge in [0, 0.05) is 11.6 Å². The predicted molar refractivity (Wildman–Crippen MR) is 45.7 cm³/mol. The van der Waals surface area contributed by atoms with Crippen LogP contribution >= 0.6 is 0 Å². The molecule has 1 aromatic carbocycles. The molecule has 0 aromatic heterocycles. The summed E-state index contributed by atoms with van der Waals surface area (Å²) >= 11 is 0. The standard InChI is InChI=1S/C8H8BFO4/c10-8-2-6(14-9(11)12)1-5-3-13-4-7(5)8/h1-2,11-12H,3-4H2. The molecule has 74 valence electrons. The second kappa shape index (κ2) is 3.57. The average molecular weight is 198 g/mol. The summed E-state index contributed by atoms with van der Waals surface area (Å²) in [7, 11) is -1.94. The van der Waals surface area contributed by atoms with E-state index in [9.17, 15) is 4.39 Å². The maximum atomic E-state index is 13.3. The second-order valence-electron chi connectivity index (χ2n) is 2.98. The largest absolute Gasteiger partial charge is 0.707 e. The molecule has 0 aliphatic carbocycles. The summed E-state index contributed by atoms with van der Waals surface area (Å²) in [5.41, 5.74) is 1.19. The molecule has 0 unspecified atom stereocenters. The van der Waals surface area contributed by atoms with E-state index in [1.54, 1.807) is 0 Å². The van der Waals surface area contributed by atoms with Crippen molar-refractivity contribution in [2.24, 2.45) is 0 Å². The summed E-state index contributed by atoms with van der Waals surface area (Å²) in [6.07, 6.45) is 0. The molecule has 0 amide bonds. The maximum absolute atomic E-state index is 13.3. The van der Waals surface area contributed by atoms with Crippen molar-refractivity contribution < 1.29 is 23.8 Å². The molecule has 4 nitrogen and oxygen atoms in total. The van der Waals surface area contributed by atoms with Gasteiger partial charge in [0.25, 0.3) is 0 Å². The Morgan fingerprint density at radius 2 is 2.14 bits per heavy atom. The van der Waals surface area contributed by atoms with E-state index < -0.39 is 13.1 Å². The lowest BCUT2D eigenvalue weighted by atomic mass is 10.1. The minimum absolute atomic E-state index is 0.0850. The van der Waals surface area contributed by atoms with Crippen LogP contribution in [0.2, 0.25) is 0 Å². The summed E-state index contributed by atoms with van der Waals surface area (Å²) in [4.78, 5) is 0. The highest BCUT2D eigenvalue weighted by molar-refractivity contribution is 6.33. The van der Waals surface area contributed by atoms with Crippen LogP contribution in [0.25, 0.3) is 0 Å². The van der Waals surface area contributed by atoms with Crippen LogP contribution in [0.4, 0.5) is 4.39 Å². The number of fused-ring (bicyclic) bond motifs is 1. The molecule has 6 heteroatoms. The van der Waals surface area contributed by atoms with Gasteiger partial charge in [-0.15, -0.1) is 0 Å². The van der Waals surface area contributed by atoms with Gasteiger partial charge in [0.05, 0.1) is 13.2 Å². The zero-order valence-electron chi connectivity index (χ0n) is 7.24. The molecule has 2 N–H and O–H groups in total. The first-order chi connectivity index (χ1) is 6.66. The smallest absolute Gasteiger partial charge is 0.512 e. The number of benzene rings is 1. The Bertz CT molecular complexity index is 355. The molecule has 1 aliphatic rings. The van der Waals surface area contributed by atoms with E-state index in [1.807, 2.05) is 0 Å². The van der Waals surface area contributed by atoms with Crippen LogP contribution in [0.5, 0.6) is 5.75 Å². The Kier molecular flexibility index (Phi) is 2.41. The average Bonchev–Trinajstić information content (AvgIpc) is 2.50. The van der Waals surface area contributed by atoms with Gasteiger partial charge in [0.2, 0.25) is 0 Å². The zero-order chi connectivity index (χ0) is 10.1. The molecule has 0 atom stereocenters. The highest BCUT2D eigenvalue weighted by Gasteiger charge is 2.19. The highest BCUT2D eigenvalue weighted by Crippen LogP contribution is 2.27. The molecule has 1 aliphatic heterocycles. The first-order valence-corrected chi connectivity index (χ1v) is 4.08. The molecule has 0 radical (unpaired) electrons. The van der Waals surface area contributed by atoms with Crippen LogP contribution in [0, 0.1) is 5.82 Å². The topological polar surface area (TPSA) is 58.9 Å². The van der Waals surface area contributed by atoms with Gasteiger partial charge in [0.1, 0.15) is 11.6 Å². The third-order valence-electron chi connectivity index (χ3n) is 2.01. The van der Waals surface area contributed by atoms with E-state index in [1.165, 1.54) is 6.07 Å². The van der Waals surface area contributed by atoms with Crippen molar-refractivity contribution in [1.82, 2.24) is 0 Å². The summed E-state index contributed by atoms with van der Waals surface area (Å²) in [6, 6.07) is 2.64. The zero-order valence-corrected chi connectivity index (χ0v) is 7.24. The van der Waals surface area contributed by atoms with Crippen molar-refractivity contribution in [2.45, 2.75) is 13.2 Å². The molecule has 0 saturated carbocycles.